The summed E-state index contributed by atoms with van der Waals surface area (Å²) in [5.74, 6) is 1.49. The first kappa shape index (κ1) is 19.9. The number of rotatable bonds is 9. The van der Waals surface area contributed by atoms with Crippen LogP contribution in [0.25, 0.3) is 0 Å². The number of hydrogen-bond acceptors (Lipinski definition) is 4. The van der Waals surface area contributed by atoms with Gasteiger partial charge in [0.2, 0.25) is 5.91 Å². The minimum atomic E-state index is -0.161. The van der Waals surface area contributed by atoms with Crippen molar-refractivity contribution in [2.45, 2.75) is 31.1 Å². The SMILES string of the molecule is C=CCn1c(C)nnc1SCCC(=O)NC(c1ccccc1)c1ccccc1. The fourth-order valence-corrected chi connectivity index (χ4v) is 3.86. The molecule has 0 bridgehead atoms. The standard InChI is InChI=1S/C22H24N4OS/c1-3-15-26-17(2)24-25-22(26)28-16-14-20(27)23-21(18-10-6-4-7-11-18)19-12-8-5-9-13-19/h3-13,21H,1,14-16H2,2H3,(H,23,27). The fraction of sp³-hybridized carbons (Fsp3) is 0.227. The lowest BCUT2D eigenvalue weighted by atomic mass is 9.98. The van der Waals surface area contributed by atoms with Crippen molar-refractivity contribution >= 4 is 17.7 Å². The van der Waals surface area contributed by atoms with Crippen LogP contribution in [0.1, 0.15) is 29.4 Å². The smallest absolute Gasteiger partial charge is 0.221 e. The molecule has 3 rings (SSSR count). The second-order valence-electron chi connectivity index (χ2n) is 6.35. The van der Waals surface area contributed by atoms with E-state index in [1.165, 1.54) is 11.8 Å². The zero-order valence-corrected chi connectivity index (χ0v) is 16.7. The summed E-state index contributed by atoms with van der Waals surface area (Å²) in [4.78, 5) is 12.6. The topological polar surface area (TPSA) is 59.8 Å². The van der Waals surface area contributed by atoms with Crippen molar-refractivity contribution in [3.63, 3.8) is 0 Å². The summed E-state index contributed by atoms with van der Waals surface area (Å²) in [5.41, 5.74) is 2.13. The summed E-state index contributed by atoms with van der Waals surface area (Å²) >= 11 is 1.54. The highest BCUT2D eigenvalue weighted by Crippen LogP contribution is 2.22. The maximum atomic E-state index is 12.6. The Kier molecular flexibility index (Phi) is 7.03. The van der Waals surface area contributed by atoms with Gasteiger partial charge in [0.05, 0.1) is 6.04 Å². The van der Waals surface area contributed by atoms with Gasteiger partial charge >= 0.3 is 0 Å². The molecule has 0 aliphatic rings. The van der Waals surface area contributed by atoms with Crippen LogP contribution < -0.4 is 5.32 Å². The first-order valence-corrected chi connectivity index (χ1v) is 10.2. The third-order valence-corrected chi connectivity index (χ3v) is 5.31. The number of carbonyl (C=O) groups is 1. The molecule has 3 aromatic rings. The average Bonchev–Trinajstić information content (AvgIpc) is 3.07. The number of amides is 1. The molecule has 0 saturated heterocycles. The molecule has 1 N–H and O–H groups in total. The van der Waals surface area contributed by atoms with Crippen LogP contribution in [0, 0.1) is 6.92 Å². The monoisotopic (exact) mass is 392 g/mol. The molecule has 0 unspecified atom stereocenters. The molecule has 144 valence electrons. The molecule has 2 aromatic carbocycles. The van der Waals surface area contributed by atoms with Crippen LogP contribution >= 0.6 is 11.8 Å². The zero-order valence-electron chi connectivity index (χ0n) is 15.9. The Bertz CT molecular complexity index is 869. The summed E-state index contributed by atoms with van der Waals surface area (Å²) < 4.78 is 1.99. The Balaban J connectivity index is 1.62. The van der Waals surface area contributed by atoms with Crippen LogP contribution in [0.5, 0.6) is 0 Å². The predicted molar refractivity (Wildman–Crippen MR) is 113 cm³/mol. The molecule has 0 atom stereocenters. The molecular weight excluding hydrogens is 368 g/mol. The number of nitrogens with zero attached hydrogens (tertiary/aromatic N) is 3. The van der Waals surface area contributed by atoms with Crippen LogP contribution in [0.4, 0.5) is 0 Å². The summed E-state index contributed by atoms with van der Waals surface area (Å²) in [5, 5.41) is 12.3. The third-order valence-electron chi connectivity index (χ3n) is 4.34. The van der Waals surface area contributed by atoms with E-state index in [1.54, 1.807) is 0 Å². The highest BCUT2D eigenvalue weighted by molar-refractivity contribution is 7.99. The minimum Gasteiger partial charge on any atom is -0.345 e. The molecule has 0 aliphatic carbocycles. The van der Waals surface area contributed by atoms with Gasteiger partial charge in [0.15, 0.2) is 5.16 Å². The first-order valence-electron chi connectivity index (χ1n) is 9.22. The largest absolute Gasteiger partial charge is 0.345 e. The lowest BCUT2D eigenvalue weighted by Crippen LogP contribution is -2.29. The van der Waals surface area contributed by atoms with Crippen molar-refractivity contribution in [3.8, 4) is 0 Å². The quantitative estimate of drug-likeness (QED) is 0.439. The number of benzene rings is 2. The van der Waals surface area contributed by atoms with Crippen molar-refractivity contribution in [3.05, 3.63) is 90.3 Å². The molecular formula is C22H24N4OS. The maximum Gasteiger partial charge on any atom is 0.221 e. The molecule has 0 saturated carbocycles. The number of hydrogen-bond donors (Lipinski definition) is 1. The second-order valence-corrected chi connectivity index (χ2v) is 7.41. The Morgan fingerprint density at radius 1 is 1.11 bits per heavy atom. The average molecular weight is 393 g/mol. The third kappa shape index (κ3) is 5.10. The molecule has 28 heavy (non-hydrogen) atoms. The molecule has 0 radical (unpaired) electrons. The van der Waals surface area contributed by atoms with Gasteiger partial charge in [0.1, 0.15) is 5.82 Å². The normalized spacial score (nSPS) is 10.8. The first-order chi connectivity index (χ1) is 13.7. The van der Waals surface area contributed by atoms with E-state index in [0.717, 1.165) is 22.1 Å². The number of aryl methyl sites for hydroxylation is 1. The van der Waals surface area contributed by atoms with Crippen LogP contribution in [-0.2, 0) is 11.3 Å². The van der Waals surface area contributed by atoms with Crippen LogP contribution in [0.2, 0.25) is 0 Å². The number of aromatic nitrogens is 3. The van der Waals surface area contributed by atoms with Crippen LogP contribution in [0.15, 0.2) is 78.5 Å². The van der Waals surface area contributed by atoms with Crippen molar-refractivity contribution in [1.29, 1.82) is 0 Å². The van der Waals surface area contributed by atoms with E-state index in [2.05, 4.69) is 22.1 Å². The van der Waals surface area contributed by atoms with Gasteiger partial charge in [-0.3, -0.25) is 4.79 Å². The lowest BCUT2D eigenvalue weighted by molar-refractivity contribution is -0.121. The van der Waals surface area contributed by atoms with Crippen LogP contribution in [0.3, 0.4) is 0 Å². The maximum absolute atomic E-state index is 12.6. The Hall–Kier alpha value is -2.86. The molecule has 1 heterocycles. The van der Waals surface area contributed by atoms with E-state index in [1.807, 2.05) is 78.2 Å². The number of carbonyl (C=O) groups excluding carboxylic acids is 1. The van der Waals surface area contributed by atoms with E-state index in [9.17, 15) is 4.79 Å². The van der Waals surface area contributed by atoms with Crippen molar-refractivity contribution in [2.24, 2.45) is 0 Å². The second kappa shape index (κ2) is 9.90. The Morgan fingerprint density at radius 2 is 1.71 bits per heavy atom. The number of nitrogens with one attached hydrogen (secondary N) is 1. The number of allylic oxidation sites excluding steroid dienone is 1. The van der Waals surface area contributed by atoms with E-state index >= 15 is 0 Å². The number of thioether (sulfide) groups is 1. The molecule has 5 nitrogen and oxygen atoms in total. The fourth-order valence-electron chi connectivity index (χ4n) is 2.93. The van der Waals surface area contributed by atoms with Crippen molar-refractivity contribution in [1.82, 2.24) is 20.1 Å². The van der Waals surface area contributed by atoms with E-state index < -0.39 is 0 Å². The zero-order chi connectivity index (χ0) is 19.8. The van der Waals surface area contributed by atoms with Gasteiger partial charge in [-0.1, -0.05) is 78.5 Å². The van der Waals surface area contributed by atoms with Gasteiger partial charge in [-0.05, 0) is 18.1 Å². The van der Waals surface area contributed by atoms with Gasteiger partial charge in [-0.25, -0.2) is 0 Å². The van der Waals surface area contributed by atoms with Crippen molar-refractivity contribution in [2.75, 3.05) is 5.75 Å². The van der Waals surface area contributed by atoms with Crippen molar-refractivity contribution < 1.29 is 4.79 Å². The van der Waals surface area contributed by atoms with Crippen LogP contribution in [-0.4, -0.2) is 26.4 Å². The van der Waals surface area contributed by atoms with Gasteiger partial charge in [0.25, 0.3) is 0 Å². The lowest BCUT2D eigenvalue weighted by Gasteiger charge is -2.20. The highest BCUT2D eigenvalue weighted by atomic mass is 32.2. The molecule has 0 fully saturated rings. The van der Waals surface area contributed by atoms with Gasteiger partial charge < -0.3 is 9.88 Å². The summed E-state index contributed by atoms with van der Waals surface area (Å²) in [6.45, 7) is 6.35. The molecule has 1 aromatic heterocycles. The van der Waals surface area contributed by atoms with E-state index in [-0.39, 0.29) is 11.9 Å². The minimum absolute atomic E-state index is 0.0108. The molecule has 0 spiro atoms. The van der Waals surface area contributed by atoms with E-state index in [4.69, 9.17) is 0 Å². The molecule has 1 amide bonds. The summed E-state index contributed by atoms with van der Waals surface area (Å²) in [6, 6.07) is 19.9. The Morgan fingerprint density at radius 3 is 2.29 bits per heavy atom. The highest BCUT2D eigenvalue weighted by Gasteiger charge is 2.17. The Labute approximate surface area is 169 Å². The molecule has 6 heteroatoms. The summed E-state index contributed by atoms with van der Waals surface area (Å²) in [7, 11) is 0. The predicted octanol–water partition coefficient (Wildman–Crippen LogP) is 4.16. The van der Waals surface area contributed by atoms with Gasteiger partial charge in [-0.2, -0.15) is 0 Å². The van der Waals surface area contributed by atoms with Gasteiger partial charge in [0, 0.05) is 18.7 Å². The summed E-state index contributed by atoms with van der Waals surface area (Å²) in [6.07, 6.45) is 2.22. The van der Waals surface area contributed by atoms with E-state index in [0.29, 0.717) is 18.7 Å². The van der Waals surface area contributed by atoms with Gasteiger partial charge in [-0.15, -0.1) is 16.8 Å². The molecule has 0 aliphatic heterocycles.